The van der Waals surface area contributed by atoms with E-state index < -0.39 is 0 Å². The molecule has 0 saturated heterocycles. The number of rotatable bonds is 11. The number of aliphatic hydroxyl groups excluding tert-OH is 1. The molecule has 4 nitrogen and oxygen atoms in total. The van der Waals surface area contributed by atoms with Gasteiger partial charge in [-0.05, 0) is 17.2 Å². The van der Waals surface area contributed by atoms with Gasteiger partial charge >= 0.3 is 0 Å². The fraction of sp³-hybridized carbons (Fsp3) is 0.368. The lowest BCUT2D eigenvalue weighted by Gasteiger charge is -2.12. The highest BCUT2D eigenvalue weighted by atomic mass is 16.5. The summed E-state index contributed by atoms with van der Waals surface area (Å²) in [6, 6.07) is 18.6. The van der Waals surface area contributed by atoms with Gasteiger partial charge in [0, 0.05) is 19.5 Å². The van der Waals surface area contributed by atoms with Crippen molar-refractivity contribution >= 4 is 0 Å². The van der Waals surface area contributed by atoms with Crippen LogP contribution in [-0.4, -0.2) is 44.6 Å². The predicted octanol–water partition coefficient (Wildman–Crippen LogP) is 2.25. The summed E-state index contributed by atoms with van der Waals surface area (Å²) in [6.45, 7) is 3.21. The van der Waals surface area contributed by atoms with Crippen LogP contribution < -0.4 is 10.1 Å². The van der Waals surface area contributed by atoms with E-state index in [-0.39, 0.29) is 6.61 Å². The molecule has 2 N–H and O–H groups in total. The van der Waals surface area contributed by atoms with Crippen LogP contribution in [0.5, 0.6) is 5.75 Å². The molecule has 0 amide bonds. The lowest BCUT2D eigenvalue weighted by Crippen LogP contribution is -2.25. The Morgan fingerprint density at radius 3 is 2.39 bits per heavy atom. The topological polar surface area (TPSA) is 50.7 Å². The van der Waals surface area contributed by atoms with Crippen LogP contribution in [0.4, 0.5) is 0 Å². The summed E-state index contributed by atoms with van der Waals surface area (Å²) >= 11 is 0. The normalized spacial score (nSPS) is 10.7. The van der Waals surface area contributed by atoms with Crippen molar-refractivity contribution in [1.29, 1.82) is 0 Å². The monoisotopic (exact) mass is 315 g/mol. The minimum absolute atomic E-state index is 0.0707. The number of hydrogen-bond acceptors (Lipinski definition) is 4. The lowest BCUT2D eigenvalue weighted by atomic mass is 10.0. The van der Waals surface area contributed by atoms with Crippen molar-refractivity contribution in [3.8, 4) is 5.75 Å². The summed E-state index contributed by atoms with van der Waals surface area (Å²) in [6.07, 6.45) is 0.874. The molecule has 0 aliphatic carbocycles. The maximum absolute atomic E-state index is 8.60. The molecule has 0 spiro atoms. The van der Waals surface area contributed by atoms with Crippen LogP contribution >= 0.6 is 0 Å². The van der Waals surface area contributed by atoms with Crippen LogP contribution in [0.25, 0.3) is 0 Å². The molecule has 0 unspecified atom stereocenters. The van der Waals surface area contributed by atoms with E-state index in [2.05, 4.69) is 35.6 Å². The molecule has 0 aliphatic heterocycles. The molecule has 2 rings (SSSR count). The van der Waals surface area contributed by atoms with E-state index in [1.807, 2.05) is 24.3 Å². The van der Waals surface area contributed by atoms with E-state index in [9.17, 15) is 0 Å². The van der Waals surface area contributed by atoms with Crippen molar-refractivity contribution in [2.45, 2.75) is 6.42 Å². The minimum Gasteiger partial charge on any atom is -0.492 e. The standard InChI is InChI=1S/C19H25NO3/c21-12-15-22-13-10-20-11-14-23-19-9-5-4-8-18(19)16-17-6-2-1-3-7-17/h1-9,20-21H,10-16H2. The van der Waals surface area contributed by atoms with Gasteiger partial charge in [-0.25, -0.2) is 0 Å². The lowest BCUT2D eigenvalue weighted by molar-refractivity contribution is 0.0935. The van der Waals surface area contributed by atoms with Crippen molar-refractivity contribution in [2.75, 3.05) is 39.5 Å². The van der Waals surface area contributed by atoms with Gasteiger partial charge in [0.25, 0.3) is 0 Å². The van der Waals surface area contributed by atoms with Gasteiger partial charge in [-0.2, -0.15) is 0 Å². The highest BCUT2D eigenvalue weighted by molar-refractivity contribution is 5.37. The molecule has 0 aliphatic rings. The zero-order valence-corrected chi connectivity index (χ0v) is 13.4. The molecule has 0 atom stereocenters. The molecule has 4 heteroatoms. The number of benzene rings is 2. The van der Waals surface area contributed by atoms with Gasteiger partial charge in [-0.15, -0.1) is 0 Å². The van der Waals surface area contributed by atoms with E-state index in [0.717, 1.165) is 25.3 Å². The Hall–Kier alpha value is -1.88. The van der Waals surface area contributed by atoms with Gasteiger partial charge in [-0.1, -0.05) is 48.5 Å². The van der Waals surface area contributed by atoms with E-state index in [1.165, 1.54) is 11.1 Å². The summed E-state index contributed by atoms with van der Waals surface area (Å²) in [4.78, 5) is 0. The Bertz CT molecular complexity index is 545. The SMILES string of the molecule is OCCOCCNCCOc1ccccc1Cc1ccccc1. The van der Waals surface area contributed by atoms with Crippen LogP contribution in [0.2, 0.25) is 0 Å². The van der Waals surface area contributed by atoms with Crippen LogP contribution in [0, 0.1) is 0 Å². The first kappa shape index (κ1) is 17.5. The van der Waals surface area contributed by atoms with Crippen molar-refractivity contribution in [2.24, 2.45) is 0 Å². The zero-order chi connectivity index (χ0) is 16.2. The average molecular weight is 315 g/mol. The van der Waals surface area contributed by atoms with E-state index >= 15 is 0 Å². The largest absolute Gasteiger partial charge is 0.492 e. The van der Waals surface area contributed by atoms with Crippen LogP contribution in [-0.2, 0) is 11.2 Å². The second-order valence-electron chi connectivity index (χ2n) is 5.20. The fourth-order valence-electron chi connectivity index (χ4n) is 2.28. The molecule has 124 valence electrons. The first-order valence-electron chi connectivity index (χ1n) is 8.04. The van der Waals surface area contributed by atoms with Gasteiger partial charge < -0.3 is 19.9 Å². The van der Waals surface area contributed by atoms with Gasteiger partial charge in [0.1, 0.15) is 12.4 Å². The van der Waals surface area contributed by atoms with E-state index in [1.54, 1.807) is 0 Å². The van der Waals surface area contributed by atoms with Gasteiger partial charge in [-0.3, -0.25) is 0 Å². The summed E-state index contributed by atoms with van der Waals surface area (Å²) in [5, 5.41) is 11.9. The number of aliphatic hydroxyl groups is 1. The maximum atomic E-state index is 8.60. The third-order valence-electron chi connectivity index (χ3n) is 3.41. The Kier molecular flexibility index (Phi) is 8.19. The summed E-state index contributed by atoms with van der Waals surface area (Å²) in [5.74, 6) is 0.940. The summed E-state index contributed by atoms with van der Waals surface area (Å²) in [7, 11) is 0. The Morgan fingerprint density at radius 2 is 1.57 bits per heavy atom. The average Bonchev–Trinajstić information content (AvgIpc) is 2.59. The Balaban J connectivity index is 1.73. The van der Waals surface area contributed by atoms with Crippen molar-refractivity contribution < 1.29 is 14.6 Å². The third kappa shape index (κ3) is 6.82. The van der Waals surface area contributed by atoms with Gasteiger partial charge in [0.15, 0.2) is 0 Å². The molecule has 2 aromatic rings. The number of para-hydroxylation sites is 1. The fourth-order valence-corrected chi connectivity index (χ4v) is 2.28. The molecular weight excluding hydrogens is 290 g/mol. The van der Waals surface area contributed by atoms with Crippen molar-refractivity contribution in [1.82, 2.24) is 5.32 Å². The predicted molar refractivity (Wildman–Crippen MR) is 92.0 cm³/mol. The van der Waals surface area contributed by atoms with Crippen LogP contribution in [0.3, 0.4) is 0 Å². The smallest absolute Gasteiger partial charge is 0.122 e. The highest BCUT2D eigenvalue weighted by Gasteiger charge is 2.03. The molecule has 0 radical (unpaired) electrons. The second-order valence-corrected chi connectivity index (χ2v) is 5.20. The molecule has 23 heavy (non-hydrogen) atoms. The summed E-state index contributed by atoms with van der Waals surface area (Å²) in [5.41, 5.74) is 2.48. The van der Waals surface area contributed by atoms with Crippen LogP contribution in [0.1, 0.15) is 11.1 Å². The highest BCUT2D eigenvalue weighted by Crippen LogP contribution is 2.21. The minimum atomic E-state index is 0.0707. The quantitative estimate of drug-likeness (QED) is 0.625. The molecular formula is C19H25NO3. The van der Waals surface area contributed by atoms with Crippen molar-refractivity contribution in [3.05, 3.63) is 65.7 Å². The van der Waals surface area contributed by atoms with E-state index in [4.69, 9.17) is 14.6 Å². The van der Waals surface area contributed by atoms with Crippen LogP contribution in [0.15, 0.2) is 54.6 Å². The first-order chi connectivity index (χ1) is 11.4. The summed E-state index contributed by atoms with van der Waals surface area (Å²) < 4.78 is 11.1. The molecule has 0 bridgehead atoms. The molecule has 2 aromatic carbocycles. The molecule has 0 saturated carbocycles. The number of hydrogen-bond donors (Lipinski definition) is 2. The molecule has 0 fully saturated rings. The number of ether oxygens (including phenoxy) is 2. The molecule has 0 aromatic heterocycles. The van der Waals surface area contributed by atoms with E-state index in [0.29, 0.717) is 19.8 Å². The van der Waals surface area contributed by atoms with Gasteiger partial charge in [0.05, 0.1) is 19.8 Å². The Morgan fingerprint density at radius 1 is 0.826 bits per heavy atom. The molecule has 0 heterocycles. The van der Waals surface area contributed by atoms with Crippen molar-refractivity contribution in [3.63, 3.8) is 0 Å². The maximum Gasteiger partial charge on any atom is 0.122 e. The zero-order valence-electron chi connectivity index (χ0n) is 13.4. The van der Waals surface area contributed by atoms with Gasteiger partial charge in [0.2, 0.25) is 0 Å². The first-order valence-corrected chi connectivity index (χ1v) is 8.04. The second kappa shape index (κ2) is 10.8. The Labute approximate surface area is 138 Å². The third-order valence-corrected chi connectivity index (χ3v) is 3.41. The number of nitrogens with one attached hydrogen (secondary N) is 1.